The van der Waals surface area contributed by atoms with E-state index in [0.717, 1.165) is 17.3 Å². The molecule has 1 aromatic heterocycles. The Morgan fingerprint density at radius 3 is 2.50 bits per heavy atom. The number of esters is 1. The topological polar surface area (TPSA) is 31.2 Å². The first-order chi connectivity index (χ1) is 10.7. The highest BCUT2D eigenvalue weighted by Crippen LogP contribution is 2.34. The molecule has 0 bridgehead atoms. The second-order valence-electron chi connectivity index (χ2n) is 5.33. The van der Waals surface area contributed by atoms with Gasteiger partial charge in [-0.3, -0.25) is 0 Å². The maximum atomic E-state index is 11.8. The van der Waals surface area contributed by atoms with E-state index < -0.39 is 0 Å². The summed E-state index contributed by atoms with van der Waals surface area (Å²) in [5.41, 5.74) is 5.38. The number of carbonyl (C=O) groups is 1. The van der Waals surface area contributed by atoms with E-state index in [-0.39, 0.29) is 5.97 Å². The summed E-state index contributed by atoms with van der Waals surface area (Å²) in [6.07, 6.45) is 0.909. The van der Waals surface area contributed by atoms with Crippen molar-refractivity contribution < 1.29 is 9.53 Å². The predicted molar refractivity (Wildman–Crippen MR) is 89.1 cm³/mol. The van der Waals surface area contributed by atoms with Gasteiger partial charge in [-0.05, 0) is 35.7 Å². The highest BCUT2D eigenvalue weighted by Gasteiger charge is 2.17. The average molecular weight is 293 g/mol. The van der Waals surface area contributed by atoms with E-state index >= 15 is 0 Å². The number of carbonyl (C=O) groups excluding carboxylic acids is 1. The van der Waals surface area contributed by atoms with Gasteiger partial charge < -0.3 is 9.30 Å². The lowest BCUT2D eigenvalue weighted by Crippen LogP contribution is -2.00. The molecule has 2 aromatic carbocycles. The van der Waals surface area contributed by atoms with E-state index in [2.05, 4.69) is 30.7 Å². The predicted octanol–water partition coefficient (Wildman–Crippen LogP) is 4.19. The number of aromatic nitrogens is 1. The largest absolute Gasteiger partial charge is 0.465 e. The molecule has 0 saturated carbocycles. The van der Waals surface area contributed by atoms with Crippen molar-refractivity contribution in [2.75, 3.05) is 7.11 Å². The lowest BCUT2D eigenvalue weighted by Gasteiger charge is -2.06. The molecule has 22 heavy (non-hydrogen) atoms. The quantitative estimate of drug-likeness (QED) is 0.678. The molecule has 0 fully saturated rings. The van der Waals surface area contributed by atoms with Gasteiger partial charge in [0.15, 0.2) is 0 Å². The lowest BCUT2D eigenvalue weighted by molar-refractivity contribution is 0.0601. The molecule has 3 aromatic rings. The Kier molecular flexibility index (Phi) is 3.72. The van der Waals surface area contributed by atoms with Crippen LogP contribution in [-0.2, 0) is 18.2 Å². The number of fused-ring (bicyclic) bond motifs is 1. The maximum Gasteiger partial charge on any atom is 0.337 e. The van der Waals surface area contributed by atoms with Crippen molar-refractivity contribution in [3.63, 3.8) is 0 Å². The summed E-state index contributed by atoms with van der Waals surface area (Å²) in [5, 5.41) is 1.12. The molecule has 0 unspecified atom stereocenters. The first-order valence-electron chi connectivity index (χ1n) is 7.42. The highest BCUT2D eigenvalue weighted by atomic mass is 16.5. The van der Waals surface area contributed by atoms with Gasteiger partial charge in [-0.25, -0.2) is 4.79 Å². The first-order valence-corrected chi connectivity index (χ1v) is 7.42. The fraction of sp³-hybridized carbons (Fsp3) is 0.211. The average Bonchev–Trinajstić information content (AvgIpc) is 2.86. The molecule has 0 aliphatic rings. The van der Waals surface area contributed by atoms with E-state index in [9.17, 15) is 4.79 Å². The number of aryl methyl sites for hydroxylation is 2. The molecule has 1 heterocycles. The normalized spacial score (nSPS) is 10.9. The minimum atomic E-state index is -0.297. The van der Waals surface area contributed by atoms with Crippen molar-refractivity contribution in [1.82, 2.24) is 4.57 Å². The number of ether oxygens (including phenoxy) is 1. The zero-order valence-electron chi connectivity index (χ0n) is 13.1. The Bertz CT molecular complexity index is 832. The molecule has 0 atom stereocenters. The van der Waals surface area contributed by atoms with Crippen LogP contribution in [0.1, 0.15) is 22.8 Å². The monoisotopic (exact) mass is 293 g/mol. The van der Waals surface area contributed by atoms with Crippen LogP contribution < -0.4 is 0 Å². The van der Waals surface area contributed by atoms with Crippen LogP contribution >= 0.6 is 0 Å². The Morgan fingerprint density at radius 1 is 1.14 bits per heavy atom. The van der Waals surface area contributed by atoms with Crippen LogP contribution in [0.3, 0.4) is 0 Å². The van der Waals surface area contributed by atoms with E-state index in [1.165, 1.54) is 23.9 Å². The third-order valence-corrected chi connectivity index (χ3v) is 4.13. The lowest BCUT2D eigenvalue weighted by atomic mass is 10.0. The zero-order valence-corrected chi connectivity index (χ0v) is 13.1. The Hall–Kier alpha value is -2.55. The molecule has 0 N–H and O–H groups in total. The first kappa shape index (κ1) is 14.4. The molecule has 3 nitrogen and oxygen atoms in total. The van der Waals surface area contributed by atoms with Crippen LogP contribution in [0, 0.1) is 0 Å². The molecular weight excluding hydrogens is 274 g/mol. The third-order valence-electron chi connectivity index (χ3n) is 4.13. The van der Waals surface area contributed by atoms with Gasteiger partial charge in [0.25, 0.3) is 0 Å². The summed E-state index contributed by atoms with van der Waals surface area (Å²) in [6, 6.07) is 16.1. The molecule has 0 saturated heterocycles. The van der Waals surface area contributed by atoms with Crippen molar-refractivity contribution >= 4 is 16.9 Å². The van der Waals surface area contributed by atoms with Crippen molar-refractivity contribution in [1.29, 1.82) is 0 Å². The summed E-state index contributed by atoms with van der Waals surface area (Å²) < 4.78 is 7.03. The van der Waals surface area contributed by atoms with E-state index in [0.29, 0.717) is 5.56 Å². The second-order valence-corrected chi connectivity index (χ2v) is 5.33. The minimum Gasteiger partial charge on any atom is -0.465 e. The fourth-order valence-electron chi connectivity index (χ4n) is 3.09. The number of hydrogen-bond acceptors (Lipinski definition) is 2. The highest BCUT2D eigenvalue weighted by molar-refractivity contribution is 5.98. The Morgan fingerprint density at radius 2 is 1.86 bits per heavy atom. The molecule has 0 aliphatic heterocycles. The van der Waals surface area contributed by atoms with E-state index in [4.69, 9.17) is 4.74 Å². The number of methoxy groups -OCH3 is 1. The van der Waals surface area contributed by atoms with Crippen molar-refractivity contribution in [2.45, 2.75) is 13.3 Å². The number of rotatable bonds is 3. The standard InChI is InChI=1S/C19H19NO2/c1-4-15-16-12-14(19(21)22-3)10-11-17(16)20(2)18(15)13-8-6-5-7-9-13/h5-12H,4H2,1-3H3. The fourth-order valence-corrected chi connectivity index (χ4v) is 3.09. The van der Waals surface area contributed by atoms with Gasteiger partial charge in [-0.2, -0.15) is 0 Å². The van der Waals surface area contributed by atoms with Crippen molar-refractivity contribution in [3.8, 4) is 11.3 Å². The number of benzene rings is 2. The van der Waals surface area contributed by atoms with Gasteiger partial charge in [0.05, 0.1) is 18.4 Å². The van der Waals surface area contributed by atoms with Crippen LogP contribution in [0.25, 0.3) is 22.2 Å². The third kappa shape index (κ3) is 2.19. The van der Waals surface area contributed by atoms with E-state index in [1.807, 2.05) is 36.4 Å². The van der Waals surface area contributed by atoms with Gasteiger partial charge in [-0.15, -0.1) is 0 Å². The van der Waals surface area contributed by atoms with Crippen LogP contribution in [0.15, 0.2) is 48.5 Å². The van der Waals surface area contributed by atoms with Gasteiger partial charge in [-0.1, -0.05) is 37.3 Å². The van der Waals surface area contributed by atoms with Gasteiger partial charge in [0, 0.05) is 18.0 Å². The number of nitrogens with zero attached hydrogens (tertiary/aromatic N) is 1. The summed E-state index contributed by atoms with van der Waals surface area (Å²) in [5.74, 6) is -0.297. The Balaban J connectivity index is 2.30. The summed E-state index contributed by atoms with van der Waals surface area (Å²) in [4.78, 5) is 11.8. The van der Waals surface area contributed by atoms with Gasteiger partial charge in [0.1, 0.15) is 0 Å². The summed E-state index contributed by atoms with van der Waals surface area (Å²) >= 11 is 0. The molecule has 0 amide bonds. The molecule has 0 radical (unpaired) electrons. The molecule has 0 aliphatic carbocycles. The smallest absolute Gasteiger partial charge is 0.337 e. The van der Waals surface area contributed by atoms with Crippen LogP contribution in [0.4, 0.5) is 0 Å². The van der Waals surface area contributed by atoms with Gasteiger partial charge in [0.2, 0.25) is 0 Å². The molecule has 3 rings (SSSR count). The number of hydrogen-bond donors (Lipinski definition) is 0. The SMILES string of the molecule is CCc1c(-c2ccccc2)n(C)c2ccc(C(=O)OC)cc12. The van der Waals surface area contributed by atoms with Crippen LogP contribution in [-0.4, -0.2) is 17.6 Å². The van der Waals surface area contributed by atoms with Crippen LogP contribution in [0.2, 0.25) is 0 Å². The zero-order chi connectivity index (χ0) is 15.7. The summed E-state index contributed by atoms with van der Waals surface area (Å²) in [6.45, 7) is 2.14. The van der Waals surface area contributed by atoms with Crippen molar-refractivity contribution in [3.05, 3.63) is 59.7 Å². The van der Waals surface area contributed by atoms with Gasteiger partial charge >= 0.3 is 5.97 Å². The molecule has 112 valence electrons. The molecular formula is C19H19NO2. The maximum absolute atomic E-state index is 11.8. The molecule has 3 heteroatoms. The Labute approximate surface area is 130 Å². The second kappa shape index (κ2) is 5.68. The molecule has 0 spiro atoms. The van der Waals surface area contributed by atoms with Crippen LogP contribution in [0.5, 0.6) is 0 Å². The van der Waals surface area contributed by atoms with Crippen molar-refractivity contribution in [2.24, 2.45) is 7.05 Å². The minimum absolute atomic E-state index is 0.297. The summed E-state index contributed by atoms with van der Waals surface area (Å²) in [7, 11) is 3.48. The van der Waals surface area contributed by atoms with E-state index in [1.54, 1.807) is 0 Å².